The Morgan fingerprint density at radius 1 is 1.27 bits per heavy atom. The minimum Gasteiger partial charge on any atom is -0.356 e. The van der Waals surface area contributed by atoms with Crippen molar-refractivity contribution in [1.82, 2.24) is 10.5 Å². The Hall–Kier alpha value is -1.81. The number of halogens is 1. The standard InChI is InChI=1S/C17H19ClN2O2/c1-16(2,3)19-15(21)17(8-9-17)14-10-13(22-20-14)11-4-6-12(18)7-5-11/h4-7,10H,8-9H2,1-3H3,(H,19,21). The van der Waals surface area contributed by atoms with E-state index in [1.807, 2.05) is 39.0 Å². The molecule has 3 rings (SSSR count). The highest BCUT2D eigenvalue weighted by Gasteiger charge is 2.54. The van der Waals surface area contributed by atoms with E-state index >= 15 is 0 Å². The van der Waals surface area contributed by atoms with Crippen LogP contribution in [-0.4, -0.2) is 16.6 Å². The number of rotatable bonds is 3. The Labute approximate surface area is 134 Å². The maximum absolute atomic E-state index is 12.5. The van der Waals surface area contributed by atoms with Crippen molar-refractivity contribution in [3.63, 3.8) is 0 Å². The summed E-state index contributed by atoms with van der Waals surface area (Å²) in [7, 11) is 0. The Morgan fingerprint density at radius 3 is 2.45 bits per heavy atom. The van der Waals surface area contributed by atoms with Crippen LogP contribution in [0, 0.1) is 0 Å². The van der Waals surface area contributed by atoms with E-state index in [9.17, 15) is 4.79 Å². The van der Waals surface area contributed by atoms with E-state index in [1.165, 1.54) is 0 Å². The van der Waals surface area contributed by atoms with Crippen molar-refractivity contribution in [3.8, 4) is 11.3 Å². The maximum atomic E-state index is 12.5. The van der Waals surface area contributed by atoms with Crippen LogP contribution in [0.25, 0.3) is 11.3 Å². The van der Waals surface area contributed by atoms with E-state index in [2.05, 4.69) is 10.5 Å². The molecule has 22 heavy (non-hydrogen) atoms. The van der Waals surface area contributed by atoms with Gasteiger partial charge in [0.15, 0.2) is 5.76 Å². The van der Waals surface area contributed by atoms with E-state index in [0.717, 1.165) is 18.4 Å². The van der Waals surface area contributed by atoms with Gasteiger partial charge in [0, 0.05) is 22.2 Å². The van der Waals surface area contributed by atoms with Crippen molar-refractivity contribution in [2.75, 3.05) is 0 Å². The van der Waals surface area contributed by atoms with Gasteiger partial charge in [-0.15, -0.1) is 0 Å². The van der Waals surface area contributed by atoms with Crippen molar-refractivity contribution in [2.24, 2.45) is 0 Å². The second-order valence-electron chi connectivity index (χ2n) is 6.87. The van der Waals surface area contributed by atoms with Crippen molar-refractivity contribution in [3.05, 3.63) is 41.0 Å². The largest absolute Gasteiger partial charge is 0.356 e. The lowest BCUT2D eigenvalue weighted by molar-refractivity contribution is -0.125. The van der Waals surface area contributed by atoms with Gasteiger partial charge in [-0.2, -0.15) is 0 Å². The first-order valence-corrected chi connectivity index (χ1v) is 7.74. The van der Waals surface area contributed by atoms with E-state index in [4.69, 9.17) is 16.1 Å². The van der Waals surface area contributed by atoms with Gasteiger partial charge in [0.2, 0.25) is 5.91 Å². The Morgan fingerprint density at radius 2 is 1.91 bits per heavy atom. The molecule has 1 aromatic heterocycles. The second-order valence-corrected chi connectivity index (χ2v) is 7.31. The molecular formula is C17H19ClN2O2. The van der Waals surface area contributed by atoms with E-state index in [0.29, 0.717) is 16.5 Å². The first kappa shape index (κ1) is 15.1. The van der Waals surface area contributed by atoms with E-state index in [-0.39, 0.29) is 11.4 Å². The van der Waals surface area contributed by atoms with Gasteiger partial charge in [-0.05, 0) is 57.9 Å². The third-order valence-electron chi connectivity index (χ3n) is 3.80. The van der Waals surface area contributed by atoms with Gasteiger partial charge in [-0.3, -0.25) is 4.79 Å². The van der Waals surface area contributed by atoms with E-state index in [1.54, 1.807) is 12.1 Å². The summed E-state index contributed by atoms with van der Waals surface area (Å²) in [5.41, 5.74) is 0.825. The van der Waals surface area contributed by atoms with Crippen LogP contribution in [0.3, 0.4) is 0 Å². The molecule has 4 nitrogen and oxygen atoms in total. The number of hydrogen-bond donors (Lipinski definition) is 1. The summed E-state index contributed by atoms with van der Waals surface area (Å²) in [6, 6.07) is 9.22. The fourth-order valence-corrected chi connectivity index (χ4v) is 2.56. The number of aromatic nitrogens is 1. The highest BCUT2D eigenvalue weighted by molar-refractivity contribution is 6.30. The zero-order valence-corrected chi connectivity index (χ0v) is 13.7. The number of carbonyl (C=O) groups is 1. The normalized spacial score (nSPS) is 16.4. The minimum atomic E-state index is -0.526. The monoisotopic (exact) mass is 318 g/mol. The molecule has 1 fully saturated rings. The molecule has 2 aromatic rings. The third kappa shape index (κ3) is 2.88. The van der Waals surface area contributed by atoms with Crippen LogP contribution >= 0.6 is 11.6 Å². The van der Waals surface area contributed by atoms with Crippen LogP contribution in [0.4, 0.5) is 0 Å². The summed E-state index contributed by atoms with van der Waals surface area (Å²) in [5.74, 6) is 0.678. The van der Waals surface area contributed by atoms with Gasteiger partial charge < -0.3 is 9.84 Å². The van der Waals surface area contributed by atoms with Gasteiger partial charge in [0.25, 0.3) is 0 Å². The number of carbonyl (C=O) groups excluding carboxylic acids is 1. The molecule has 0 aliphatic heterocycles. The number of amides is 1. The van der Waals surface area contributed by atoms with Crippen molar-refractivity contribution >= 4 is 17.5 Å². The smallest absolute Gasteiger partial charge is 0.232 e. The molecule has 5 heteroatoms. The van der Waals surface area contributed by atoms with Crippen LogP contribution in [0.2, 0.25) is 5.02 Å². The first-order chi connectivity index (χ1) is 10.3. The highest BCUT2D eigenvalue weighted by atomic mass is 35.5. The topological polar surface area (TPSA) is 55.1 Å². The Kier molecular flexibility index (Phi) is 3.52. The lowest BCUT2D eigenvalue weighted by Gasteiger charge is -2.23. The molecule has 1 amide bonds. The van der Waals surface area contributed by atoms with Crippen LogP contribution in [-0.2, 0) is 10.2 Å². The van der Waals surface area contributed by atoms with Gasteiger partial charge >= 0.3 is 0 Å². The maximum Gasteiger partial charge on any atom is 0.232 e. The fraction of sp³-hybridized carbons (Fsp3) is 0.412. The van der Waals surface area contributed by atoms with Crippen molar-refractivity contribution in [1.29, 1.82) is 0 Å². The lowest BCUT2D eigenvalue weighted by Crippen LogP contribution is -2.46. The van der Waals surface area contributed by atoms with Gasteiger partial charge in [0.05, 0.1) is 11.1 Å². The molecular weight excluding hydrogens is 300 g/mol. The van der Waals surface area contributed by atoms with Gasteiger partial charge in [0.1, 0.15) is 0 Å². The quantitative estimate of drug-likeness (QED) is 0.932. The second kappa shape index (κ2) is 5.13. The predicted octanol–water partition coefficient (Wildman–Crippen LogP) is 3.94. The van der Waals surface area contributed by atoms with Crippen molar-refractivity contribution < 1.29 is 9.32 Å². The molecule has 0 saturated heterocycles. The number of nitrogens with zero attached hydrogens (tertiary/aromatic N) is 1. The van der Waals surface area contributed by atoms with Crippen molar-refractivity contribution in [2.45, 2.75) is 44.6 Å². The summed E-state index contributed by atoms with van der Waals surface area (Å²) in [6.45, 7) is 5.93. The molecule has 0 unspecified atom stereocenters. The number of nitrogens with one attached hydrogen (secondary N) is 1. The Bertz CT molecular complexity index is 694. The molecule has 1 heterocycles. The molecule has 1 aromatic carbocycles. The first-order valence-electron chi connectivity index (χ1n) is 7.36. The summed E-state index contributed by atoms with van der Waals surface area (Å²) in [4.78, 5) is 12.5. The van der Waals surface area contributed by atoms with Crippen LogP contribution < -0.4 is 5.32 Å². The fourth-order valence-electron chi connectivity index (χ4n) is 2.44. The lowest BCUT2D eigenvalue weighted by atomic mass is 9.98. The molecule has 1 aliphatic carbocycles. The predicted molar refractivity (Wildman–Crippen MR) is 85.8 cm³/mol. The summed E-state index contributed by atoms with van der Waals surface area (Å²) in [5, 5.41) is 7.84. The van der Waals surface area contributed by atoms with Crippen LogP contribution in [0.1, 0.15) is 39.3 Å². The SMILES string of the molecule is CC(C)(C)NC(=O)C1(c2cc(-c3ccc(Cl)cc3)on2)CC1. The molecule has 0 radical (unpaired) electrons. The zero-order chi connectivity index (χ0) is 16.0. The highest BCUT2D eigenvalue weighted by Crippen LogP contribution is 2.48. The molecule has 0 atom stereocenters. The average molecular weight is 319 g/mol. The molecule has 1 aliphatic rings. The number of benzene rings is 1. The number of hydrogen-bond acceptors (Lipinski definition) is 3. The van der Waals surface area contributed by atoms with Gasteiger partial charge in [-0.1, -0.05) is 16.8 Å². The average Bonchev–Trinajstić information content (AvgIpc) is 3.10. The summed E-state index contributed by atoms with van der Waals surface area (Å²) < 4.78 is 5.42. The van der Waals surface area contributed by atoms with E-state index < -0.39 is 5.41 Å². The molecule has 0 bridgehead atoms. The minimum absolute atomic E-state index is 0.0240. The van der Waals surface area contributed by atoms with Crippen LogP contribution in [0.15, 0.2) is 34.9 Å². The zero-order valence-electron chi connectivity index (χ0n) is 12.9. The van der Waals surface area contributed by atoms with Gasteiger partial charge in [-0.25, -0.2) is 0 Å². The molecule has 0 spiro atoms. The molecule has 1 saturated carbocycles. The molecule has 1 N–H and O–H groups in total. The molecule has 116 valence electrons. The van der Waals surface area contributed by atoms with Crippen LogP contribution in [0.5, 0.6) is 0 Å². The summed E-state index contributed by atoms with van der Waals surface area (Å²) in [6.07, 6.45) is 1.61. The Balaban J connectivity index is 1.84. The third-order valence-corrected chi connectivity index (χ3v) is 4.05. The summed E-state index contributed by atoms with van der Waals surface area (Å²) >= 11 is 5.89.